The summed E-state index contributed by atoms with van der Waals surface area (Å²) in [7, 11) is 2.19. The van der Waals surface area contributed by atoms with E-state index < -0.39 is 0 Å². The number of halogens is 1. The van der Waals surface area contributed by atoms with Gasteiger partial charge in [0.1, 0.15) is 11.6 Å². The van der Waals surface area contributed by atoms with Crippen molar-refractivity contribution in [2.45, 2.75) is 52.1 Å². The van der Waals surface area contributed by atoms with E-state index in [-0.39, 0.29) is 17.8 Å². The highest BCUT2D eigenvalue weighted by Gasteiger charge is 2.43. The van der Waals surface area contributed by atoms with Crippen LogP contribution in [0.1, 0.15) is 44.2 Å². The van der Waals surface area contributed by atoms with Crippen LogP contribution in [0.2, 0.25) is 0 Å². The Morgan fingerprint density at radius 1 is 1.03 bits per heavy atom. The Balaban J connectivity index is 1.52. The summed E-state index contributed by atoms with van der Waals surface area (Å²) in [5, 5.41) is 0. The van der Waals surface area contributed by atoms with Crippen molar-refractivity contribution in [2.24, 2.45) is 17.8 Å². The molecule has 1 unspecified atom stereocenters. The largest absolute Gasteiger partial charge is 0.493 e. The quantitative estimate of drug-likeness (QED) is 0.555. The molecule has 2 aliphatic rings. The average Bonchev–Trinajstić information content (AvgIpc) is 2.78. The lowest BCUT2D eigenvalue weighted by atomic mass is 9.72. The molecular formula is C28H37FN2O2. The van der Waals surface area contributed by atoms with E-state index in [2.05, 4.69) is 30.7 Å². The summed E-state index contributed by atoms with van der Waals surface area (Å²) in [6, 6.07) is 14.8. The van der Waals surface area contributed by atoms with Crippen molar-refractivity contribution >= 4 is 5.91 Å². The first-order valence-corrected chi connectivity index (χ1v) is 12.3. The van der Waals surface area contributed by atoms with Gasteiger partial charge in [-0.1, -0.05) is 44.5 Å². The normalized spacial score (nSPS) is 22.9. The number of hydrogen-bond acceptors (Lipinski definition) is 3. The highest BCUT2D eigenvalue weighted by atomic mass is 19.1. The molecule has 2 aromatic carbocycles. The van der Waals surface area contributed by atoms with Gasteiger partial charge < -0.3 is 14.5 Å². The van der Waals surface area contributed by atoms with Gasteiger partial charge in [0.05, 0.1) is 13.0 Å². The maximum absolute atomic E-state index is 13.7. The van der Waals surface area contributed by atoms with Crippen molar-refractivity contribution in [3.63, 3.8) is 0 Å². The van der Waals surface area contributed by atoms with E-state index in [1.54, 1.807) is 12.1 Å². The van der Waals surface area contributed by atoms with Gasteiger partial charge in [-0.05, 0) is 73.0 Å². The Morgan fingerprint density at radius 2 is 1.64 bits per heavy atom. The molecule has 1 aliphatic heterocycles. The summed E-state index contributed by atoms with van der Waals surface area (Å²) >= 11 is 0. The zero-order valence-electron chi connectivity index (χ0n) is 20.2. The molecule has 2 aromatic rings. The average molecular weight is 453 g/mol. The molecule has 33 heavy (non-hydrogen) atoms. The van der Waals surface area contributed by atoms with Crippen LogP contribution in [0.4, 0.5) is 4.39 Å². The van der Waals surface area contributed by atoms with Gasteiger partial charge in [-0.2, -0.15) is 0 Å². The van der Waals surface area contributed by atoms with Gasteiger partial charge in [-0.25, -0.2) is 4.39 Å². The smallest absolute Gasteiger partial charge is 0.227 e. The molecule has 2 fully saturated rings. The second kappa shape index (κ2) is 10.7. The lowest BCUT2D eigenvalue weighted by Gasteiger charge is -2.51. The zero-order valence-corrected chi connectivity index (χ0v) is 20.2. The number of carbonyl (C=O) groups excluding carboxylic acids is 1. The Hall–Kier alpha value is -2.40. The molecule has 0 radical (unpaired) electrons. The Labute approximate surface area is 197 Å². The lowest BCUT2D eigenvalue weighted by Crippen LogP contribution is -2.58. The Bertz CT molecular complexity index is 898. The van der Waals surface area contributed by atoms with Crippen LogP contribution < -0.4 is 4.74 Å². The first-order chi connectivity index (χ1) is 15.9. The summed E-state index contributed by atoms with van der Waals surface area (Å²) < 4.78 is 19.3. The highest BCUT2D eigenvalue weighted by Crippen LogP contribution is 2.38. The lowest BCUT2D eigenvalue weighted by molar-refractivity contribution is -0.140. The van der Waals surface area contributed by atoms with Crippen molar-refractivity contribution in [2.75, 3.05) is 26.7 Å². The van der Waals surface area contributed by atoms with Gasteiger partial charge in [0.15, 0.2) is 0 Å². The standard InChI is InChI=1S/C28H37FN2O2/c1-20(2)19-33-26-13-9-21(10-14-26)15-27(32)31(16-22-7-11-25(29)12-8-22)28-23-5-4-6-24(28)18-30(3)17-23/h7-14,20,23-24,28H,4-6,15-19H2,1-3H3/t23-,24+,28?. The van der Waals surface area contributed by atoms with Gasteiger partial charge in [-0.15, -0.1) is 0 Å². The number of carbonyl (C=O) groups is 1. The molecule has 1 saturated carbocycles. The summed E-state index contributed by atoms with van der Waals surface area (Å²) in [5.74, 6) is 2.22. The third-order valence-corrected chi connectivity index (χ3v) is 7.02. The van der Waals surface area contributed by atoms with Crippen molar-refractivity contribution in [1.29, 1.82) is 0 Å². The maximum Gasteiger partial charge on any atom is 0.227 e. The second-order valence-corrected chi connectivity index (χ2v) is 10.3. The molecule has 1 amide bonds. The number of amides is 1. The molecule has 3 atom stereocenters. The van der Waals surface area contributed by atoms with Gasteiger partial charge in [0, 0.05) is 25.7 Å². The van der Waals surface area contributed by atoms with E-state index in [1.165, 1.54) is 31.4 Å². The van der Waals surface area contributed by atoms with Crippen LogP contribution in [0.15, 0.2) is 48.5 Å². The molecule has 4 nitrogen and oxygen atoms in total. The first kappa shape index (κ1) is 23.7. The van der Waals surface area contributed by atoms with Crippen LogP contribution in [0, 0.1) is 23.6 Å². The van der Waals surface area contributed by atoms with E-state index in [9.17, 15) is 9.18 Å². The molecule has 0 aromatic heterocycles. The Kier molecular flexibility index (Phi) is 7.69. The molecule has 1 aliphatic carbocycles. The number of rotatable bonds is 8. The first-order valence-electron chi connectivity index (χ1n) is 12.3. The predicted molar refractivity (Wildman–Crippen MR) is 130 cm³/mol. The summed E-state index contributed by atoms with van der Waals surface area (Å²) in [6.07, 6.45) is 3.95. The summed E-state index contributed by atoms with van der Waals surface area (Å²) in [6.45, 7) is 7.55. The number of hydrogen-bond donors (Lipinski definition) is 0. The molecule has 1 saturated heterocycles. The zero-order chi connectivity index (χ0) is 23.4. The summed E-state index contributed by atoms with van der Waals surface area (Å²) in [4.78, 5) is 18.2. The van der Waals surface area contributed by atoms with E-state index in [0.717, 1.165) is 30.0 Å². The van der Waals surface area contributed by atoms with Gasteiger partial charge in [0.25, 0.3) is 0 Å². The number of benzene rings is 2. The van der Waals surface area contributed by atoms with Crippen LogP contribution in [-0.2, 0) is 17.8 Å². The van der Waals surface area contributed by atoms with Crippen molar-refractivity contribution in [3.8, 4) is 5.75 Å². The van der Waals surface area contributed by atoms with Gasteiger partial charge in [-0.3, -0.25) is 4.79 Å². The van der Waals surface area contributed by atoms with Crippen LogP contribution in [0.3, 0.4) is 0 Å². The monoisotopic (exact) mass is 452 g/mol. The molecule has 0 N–H and O–H groups in total. The van der Waals surface area contributed by atoms with E-state index >= 15 is 0 Å². The minimum atomic E-state index is -0.243. The minimum Gasteiger partial charge on any atom is -0.493 e. The molecule has 2 bridgehead atoms. The fourth-order valence-corrected chi connectivity index (χ4v) is 5.54. The Morgan fingerprint density at radius 3 is 2.24 bits per heavy atom. The number of ether oxygens (including phenoxy) is 1. The molecule has 4 rings (SSSR count). The maximum atomic E-state index is 13.7. The number of likely N-dealkylation sites (tertiary alicyclic amines) is 1. The van der Waals surface area contributed by atoms with Gasteiger partial charge >= 0.3 is 0 Å². The third kappa shape index (κ3) is 6.14. The van der Waals surface area contributed by atoms with Crippen LogP contribution in [0.25, 0.3) is 0 Å². The fourth-order valence-electron chi connectivity index (χ4n) is 5.54. The second-order valence-electron chi connectivity index (χ2n) is 10.3. The van der Waals surface area contributed by atoms with Crippen LogP contribution in [0.5, 0.6) is 5.75 Å². The van der Waals surface area contributed by atoms with E-state index in [4.69, 9.17) is 4.74 Å². The van der Waals surface area contributed by atoms with Gasteiger partial charge in [0.2, 0.25) is 5.91 Å². The molecule has 1 heterocycles. The number of piperidine rings is 1. The number of nitrogens with zero attached hydrogens (tertiary/aromatic N) is 2. The van der Waals surface area contributed by atoms with Crippen LogP contribution >= 0.6 is 0 Å². The molecule has 178 valence electrons. The third-order valence-electron chi connectivity index (χ3n) is 7.02. The highest BCUT2D eigenvalue weighted by molar-refractivity contribution is 5.79. The summed E-state index contributed by atoms with van der Waals surface area (Å²) in [5.41, 5.74) is 1.98. The molecular weight excluding hydrogens is 415 g/mol. The minimum absolute atomic E-state index is 0.154. The SMILES string of the molecule is CC(C)COc1ccc(CC(=O)N(Cc2ccc(F)cc2)C2[C@@H]3CCC[C@H]2CN(C)C3)cc1. The van der Waals surface area contributed by atoms with E-state index in [0.29, 0.717) is 37.3 Å². The molecule has 0 spiro atoms. The number of fused-ring (bicyclic) bond motifs is 2. The van der Waals surface area contributed by atoms with Crippen molar-refractivity contribution in [1.82, 2.24) is 9.80 Å². The van der Waals surface area contributed by atoms with Crippen LogP contribution in [-0.4, -0.2) is 48.5 Å². The topological polar surface area (TPSA) is 32.8 Å². The molecule has 5 heteroatoms. The van der Waals surface area contributed by atoms with Crippen molar-refractivity contribution in [3.05, 3.63) is 65.5 Å². The fraction of sp³-hybridized carbons (Fsp3) is 0.536. The van der Waals surface area contributed by atoms with E-state index in [1.807, 2.05) is 24.3 Å². The van der Waals surface area contributed by atoms with Crippen molar-refractivity contribution < 1.29 is 13.9 Å². The predicted octanol–water partition coefficient (Wildman–Crippen LogP) is 5.16.